The summed E-state index contributed by atoms with van der Waals surface area (Å²) in [6.07, 6.45) is 2.81. The van der Waals surface area contributed by atoms with Crippen LogP contribution >= 0.6 is 0 Å². The molecule has 1 saturated carbocycles. The van der Waals surface area contributed by atoms with Crippen molar-refractivity contribution in [2.45, 2.75) is 46.0 Å². The highest BCUT2D eigenvalue weighted by molar-refractivity contribution is 5.96. The van der Waals surface area contributed by atoms with Crippen LogP contribution in [0.5, 0.6) is 0 Å². The Hall–Kier alpha value is -2.10. The minimum Gasteiger partial charge on any atom is -0.323 e. The second-order valence-electron chi connectivity index (χ2n) is 5.86. The van der Waals surface area contributed by atoms with Gasteiger partial charge in [-0.25, -0.2) is 0 Å². The number of aromatic amines is 1. The van der Waals surface area contributed by atoms with Gasteiger partial charge in [0.15, 0.2) is 0 Å². The van der Waals surface area contributed by atoms with E-state index in [-0.39, 0.29) is 5.91 Å². The summed E-state index contributed by atoms with van der Waals surface area (Å²) in [7, 11) is 0. The highest BCUT2D eigenvalue weighted by Gasteiger charge is 2.31. The summed E-state index contributed by atoms with van der Waals surface area (Å²) in [6, 6.07) is 6.31. The number of H-pyrrole nitrogens is 1. The molecule has 0 spiro atoms. The molecule has 0 unspecified atom stereocenters. The molecule has 21 heavy (non-hydrogen) atoms. The third-order valence-electron chi connectivity index (χ3n) is 4.00. The van der Waals surface area contributed by atoms with Crippen molar-refractivity contribution >= 4 is 11.6 Å². The third-order valence-corrected chi connectivity index (χ3v) is 4.00. The van der Waals surface area contributed by atoms with Crippen LogP contribution in [0.15, 0.2) is 18.2 Å². The molecule has 110 valence electrons. The number of carbonyl (C=O) groups excluding carboxylic acids is 1. The number of aryl methyl sites for hydroxylation is 2. The molecule has 4 nitrogen and oxygen atoms in total. The van der Waals surface area contributed by atoms with Gasteiger partial charge in [-0.3, -0.25) is 9.89 Å². The molecule has 0 bridgehead atoms. The number of nitrogens with zero attached hydrogens (tertiary/aromatic N) is 1. The molecule has 1 aromatic heterocycles. The zero-order valence-electron chi connectivity index (χ0n) is 12.8. The average molecular weight is 283 g/mol. The molecule has 1 aliphatic rings. The second kappa shape index (κ2) is 5.35. The maximum absolute atomic E-state index is 11.8. The van der Waals surface area contributed by atoms with Crippen LogP contribution in [-0.2, 0) is 4.79 Å². The lowest BCUT2D eigenvalue weighted by molar-refractivity contribution is -0.115. The number of benzene rings is 1. The van der Waals surface area contributed by atoms with Gasteiger partial charge in [-0.15, -0.1) is 0 Å². The van der Waals surface area contributed by atoms with Gasteiger partial charge < -0.3 is 5.32 Å². The summed E-state index contributed by atoms with van der Waals surface area (Å²) in [5.41, 5.74) is 6.29. The Kier molecular flexibility index (Phi) is 3.53. The third kappa shape index (κ3) is 2.71. The van der Waals surface area contributed by atoms with Gasteiger partial charge in [-0.05, 0) is 32.3 Å². The monoisotopic (exact) mass is 283 g/mol. The fourth-order valence-electron chi connectivity index (χ4n) is 2.65. The van der Waals surface area contributed by atoms with Crippen molar-refractivity contribution < 1.29 is 4.79 Å². The van der Waals surface area contributed by atoms with Gasteiger partial charge in [0.1, 0.15) is 5.69 Å². The Morgan fingerprint density at radius 3 is 2.76 bits per heavy atom. The second-order valence-corrected chi connectivity index (χ2v) is 5.86. The van der Waals surface area contributed by atoms with Gasteiger partial charge >= 0.3 is 0 Å². The maximum Gasteiger partial charge on any atom is 0.224 e. The number of amides is 1. The molecule has 4 heteroatoms. The summed E-state index contributed by atoms with van der Waals surface area (Å²) in [5, 5.41) is 10.7. The van der Waals surface area contributed by atoms with Crippen molar-refractivity contribution in [3.63, 3.8) is 0 Å². The lowest BCUT2D eigenvalue weighted by Crippen LogP contribution is -2.11. The van der Waals surface area contributed by atoms with Crippen molar-refractivity contribution in [2.24, 2.45) is 0 Å². The summed E-state index contributed by atoms with van der Waals surface area (Å²) >= 11 is 0. The van der Waals surface area contributed by atoms with Crippen LogP contribution in [0.3, 0.4) is 0 Å². The zero-order valence-corrected chi connectivity index (χ0v) is 12.8. The van der Waals surface area contributed by atoms with Crippen molar-refractivity contribution in [2.75, 3.05) is 5.32 Å². The molecule has 1 aromatic carbocycles. The Morgan fingerprint density at radius 2 is 2.14 bits per heavy atom. The normalized spacial score (nSPS) is 14.2. The van der Waals surface area contributed by atoms with Gasteiger partial charge in [0.05, 0.1) is 11.4 Å². The van der Waals surface area contributed by atoms with Crippen molar-refractivity contribution in [3.8, 4) is 11.3 Å². The molecule has 3 rings (SSSR count). The lowest BCUT2D eigenvalue weighted by atomic mass is 10.0. The molecule has 0 aliphatic heterocycles. The van der Waals surface area contributed by atoms with Crippen LogP contribution in [0.25, 0.3) is 11.3 Å². The van der Waals surface area contributed by atoms with Gasteiger partial charge in [-0.1, -0.05) is 30.7 Å². The maximum atomic E-state index is 11.8. The number of rotatable bonds is 4. The Balaban J connectivity index is 2.06. The van der Waals surface area contributed by atoms with E-state index in [1.807, 2.05) is 6.92 Å². The first-order valence-electron chi connectivity index (χ1n) is 7.56. The van der Waals surface area contributed by atoms with Crippen LogP contribution in [0, 0.1) is 13.8 Å². The van der Waals surface area contributed by atoms with Crippen LogP contribution in [0.1, 0.15) is 48.9 Å². The number of nitrogens with one attached hydrogen (secondary N) is 2. The van der Waals surface area contributed by atoms with E-state index < -0.39 is 0 Å². The highest BCUT2D eigenvalue weighted by Crippen LogP contribution is 2.45. The Bertz CT molecular complexity index is 683. The van der Waals surface area contributed by atoms with Gasteiger partial charge in [0.2, 0.25) is 5.91 Å². The van der Waals surface area contributed by atoms with E-state index in [9.17, 15) is 4.79 Å². The summed E-state index contributed by atoms with van der Waals surface area (Å²) in [4.78, 5) is 11.8. The highest BCUT2D eigenvalue weighted by atomic mass is 16.1. The minimum atomic E-state index is 0.0318. The molecule has 2 N–H and O–H groups in total. The number of hydrogen-bond donors (Lipinski definition) is 2. The summed E-state index contributed by atoms with van der Waals surface area (Å²) in [5.74, 6) is 0.550. The summed E-state index contributed by atoms with van der Waals surface area (Å²) < 4.78 is 0. The summed E-state index contributed by atoms with van der Waals surface area (Å²) in [6.45, 7) is 6.03. The molecule has 0 saturated heterocycles. The Labute approximate surface area is 125 Å². The molecular weight excluding hydrogens is 262 g/mol. The lowest BCUT2D eigenvalue weighted by Gasteiger charge is -2.09. The van der Waals surface area contributed by atoms with Gasteiger partial charge in [-0.2, -0.15) is 5.10 Å². The van der Waals surface area contributed by atoms with E-state index in [2.05, 4.69) is 47.6 Å². The van der Waals surface area contributed by atoms with E-state index >= 15 is 0 Å². The quantitative estimate of drug-likeness (QED) is 0.893. The molecule has 1 aliphatic carbocycles. The molecular formula is C17H21N3O. The van der Waals surface area contributed by atoms with Crippen LogP contribution in [-0.4, -0.2) is 16.1 Å². The first-order valence-corrected chi connectivity index (χ1v) is 7.56. The fourth-order valence-corrected chi connectivity index (χ4v) is 2.65. The largest absolute Gasteiger partial charge is 0.323 e. The van der Waals surface area contributed by atoms with E-state index in [1.54, 1.807) is 0 Å². The number of aromatic nitrogens is 2. The minimum absolute atomic E-state index is 0.0318. The molecule has 1 heterocycles. The van der Waals surface area contributed by atoms with Crippen molar-refractivity contribution in [1.29, 1.82) is 0 Å². The van der Waals surface area contributed by atoms with Crippen molar-refractivity contribution in [1.82, 2.24) is 10.2 Å². The van der Waals surface area contributed by atoms with E-state index in [0.29, 0.717) is 12.3 Å². The molecule has 2 aromatic rings. The van der Waals surface area contributed by atoms with E-state index in [1.165, 1.54) is 24.0 Å². The SMILES string of the molecule is CCC(=O)Nc1c(-c2ccc(C)cc2C)n[nH]c1C1CC1. The van der Waals surface area contributed by atoms with E-state index in [0.717, 1.165) is 22.6 Å². The predicted molar refractivity (Wildman–Crippen MR) is 84.4 cm³/mol. The van der Waals surface area contributed by atoms with E-state index in [4.69, 9.17) is 0 Å². The van der Waals surface area contributed by atoms with Gasteiger partial charge in [0.25, 0.3) is 0 Å². The standard InChI is InChI=1S/C17H21N3O/c1-4-14(21)18-17-15(12-6-7-12)19-20-16(17)13-8-5-10(2)9-11(13)3/h5,8-9,12H,4,6-7H2,1-3H3,(H,18,21)(H,19,20). The number of carbonyl (C=O) groups is 1. The van der Waals surface area contributed by atoms with Crippen LogP contribution in [0.2, 0.25) is 0 Å². The molecule has 0 atom stereocenters. The number of anilines is 1. The first-order chi connectivity index (χ1) is 10.1. The first kappa shape index (κ1) is 13.9. The van der Waals surface area contributed by atoms with Gasteiger partial charge in [0, 0.05) is 17.9 Å². The fraction of sp³-hybridized carbons (Fsp3) is 0.412. The number of hydrogen-bond acceptors (Lipinski definition) is 2. The average Bonchev–Trinajstić information content (AvgIpc) is 3.22. The molecule has 0 radical (unpaired) electrons. The topological polar surface area (TPSA) is 57.8 Å². The van der Waals surface area contributed by atoms with Crippen LogP contribution < -0.4 is 5.32 Å². The molecule has 1 amide bonds. The molecule has 1 fully saturated rings. The Morgan fingerprint density at radius 1 is 1.38 bits per heavy atom. The smallest absolute Gasteiger partial charge is 0.224 e. The zero-order chi connectivity index (χ0) is 15.0. The van der Waals surface area contributed by atoms with Crippen molar-refractivity contribution in [3.05, 3.63) is 35.0 Å². The predicted octanol–water partition coefficient (Wildman–Crippen LogP) is 3.92. The van der Waals surface area contributed by atoms with Crippen LogP contribution in [0.4, 0.5) is 5.69 Å².